The standard InChI is InChI=1S/C25H17Cl2NO4/c1-2-31-18-10-8-17(9-11-18)28-22(14-3-5-15(26)6-4-14)21-23(29)19-13-16(27)7-12-20(19)32-24(21)25(28)30/h3-13,22H,2H2,1H3. The van der Waals surface area contributed by atoms with Gasteiger partial charge in [0.15, 0.2) is 5.43 Å². The summed E-state index contributed by atoms with van der Waals surface area (Å²) in [7, 11) is 0. The van der Waals surface area contributed by atoms with Crippen molar-refractivity contribution in [3.63, 3.8) is 0 Å². The maximum absolute atomic E-state index is 13.5. The number of nitrogens with zero attached hydrogens (tertiary/aromatic N) is 1. The fourth-order valence-corrected chi connectivity index (χ4v) is 4.34. The van der Waals surface area contributed by atoms with Crippen molar-refractivity contribution in [3.05, 3.63) is 104 Å². The quantitative estimate of drug-likeness (QED) is 0.357. The maximum atomic E-state index is 13.5. The number of fused-ring (bicyclic) bond motifs is 2. The fraction of sp³-hybridized carbons (Fsp3) is 0.120. The molecule has 0 radical (unpaired) electrons. The Bertz CT molecular complexity index is 1390. The number of hydrogen-bond donors (Lipinski definition) is 0. The van der Waals surface area contributed by atoms with Crippen LogP contribution in [0.3, 0.4) is 0 Å². The van der Waals surface area contributed by atoms with Gasteiger partial charge in [0, 0.05) is 15.7 Å². The molecular formula is C25H17Cl2NO4. The Morgan fingerprint density at radius 1 is 0.938 bits per heavy atom. The van der Waals surface area contributed by atoms with Crippen molar-refractivity contribution in [1.29, 1.82) is 0 Å². The molecule has 160 valence electrons. The van der Waals surface area contributed by atoms with Gasteiger partial charge in [-0.1, -0.05) is 35.3 Å². The van der Waals surface area contributed by atoms with Crippen LogP contribution >= 0.6 is 23.2 Å². The maximum Gasteiger partial charge on any atom is 0.295 e. The zero-order valence-corrected chi connectivity index (χ0v) is 18.5. The molecule has 3 aromatic carbocycles. The number of carbonyl (C=O) groups excluding carboxylic acids is 1. The van der Waals surface area contributed by atoms with E-state index in [2.05, 4.69) is 0 Å². The third-order valence-corrected chi connectivity index (χ3v) is 5.93. The third-order valence-electron chi connectivity index (χ3n) is 5.44. The first-order valence-electron chi connectivity index (χ1n) is 10.1. The summed E-state index contributed by atoms with van der Waals surface area (Å²) >= 11 is 12.2. The van der Waals surface area contributed by atoms with E-state index in [1.54, 1.807) is 71.6 Å². The molecule has 0 fully saturated rings. The van der Waals surface area contributed by atoms with Crippen LogP contribution in [0.1, 0.15) is 34.6 Å². The molecule has 0 aliphatic carbocycles. The molecule has 0 saturated carbocycles. The molecule has 5 nitrogen and oxygen atoms in total. The molecule has 32 heavy (non-hydrogen) atoms. The summed E-state index contributed by atoms with van der Waals surface area (Å²) in [5.74, 6) is 0.328. The van der Waals surface area contributed by atoms with Gasteiger partial charge in [0.2, 0.25) is 5.76 Å². The molecule has 1 atom stereocenters. The topological polar surface area (TPSA) is 59.8 Å². The van der Waals surface area contributed by atoms with Gasteiger partial charge in [0.1, 0.15) is 11.3 Å². The van der Waals surface area contributed by atoms with E-state index in [-0.39, 0.29) is 16.8 Å². The summed E-state index contributed by atoms with van der Waals surface area (Å²) in [5.41, 5.74) is 1.66. The van der Waals surface area contributed by atoms with Gasteiger partial charge in [-0.05, 0) is 67.1 Å². The van der Waals surface area contributed by atoms with Gasteiger partial charge in [-0.3, -0.25) is 14.5 Å². The van der Waals surface area contributed by atoms with Crippen molar-refractivity contribution in [3.8, 4) is 5.75 Å². The summed E-state index contributed by atoms with van der Waals surface area (Å²) < 4.78 is 11.5. The number of amides is 1. The molecule has 0 N–H and O–H groups in total. The lowest BCUT2D eigenvalue weighted by Crippen LogP contribution is -2.29. The molecule has 1 aliphatic rings. The lowest BCUT2D eigenvalue weighted by molar-refractivity contribution is 0.0971. The molecular weight excluding hydrogens is 449 g/mol. The Balaban J connectivity index is 1.75. The van der Waals surface area contributed by atoms with E-state index in [0.717, 1.165) is 5.56 Å². The second-order valence-corrected chi connectivity index (χ2v) is 8.24. The Kier molecular flexibility index (Phi) is 5.16. The summed E-state index contributed by atoms with van der Waals surface area (Å²) in [6.07, 6.45) is 0. The SMILES string of the molecule is CCOc1ccc(N2C(=O)c3oc4ccc(Cl)cc4c(=O)c3C2c2ccc(Cl)cc2)cc1. The molecule has 1 aliphatic heterocycles. The molecule has 1 unspecified atom stereocenters. The second kappa shape index (κ2) is 8.01. The van der Waals surface area contributed by atoms with Crippen LogP contribution in [0.25, 0.3) is 11.0 Å². The molecule has 2 heterocycles. The van der Waals surface area contributed by atoms with E-state index in [1.165, 1.54) is 0 Å². The second-order valence-electron chi connectivity index (χ2n) is 7.37. The molecule has 0 bridgehead atoms. The Morgan fingerprint density at radius 3 is 2.31 bits per heavy atom. The lowest BCUT2D eigenvalue weighted by Gasteiger charge is -2.25. The molecule has 1 aromatic heterocycles. The predicted molar refractivity (Wildman–Crippen MR) is 125 cm³/mol. The largest absolute Gasteiger partial charge is 0.494 e. The minimum atomic E-state index is -0.674. The number of benzene rings is 3. The van der Waals surface area contributed by atoms with Crippen LogP contribution < -0.4 is 15.1 Å². The minimum absolute atomic E-state index is 0.0265. The number of halogens is 2. The van der Waals surface area contributed by atoms with E-state index in [1.807, 2.05) is 6.92 Å². The van der Waals surface area contributed by atoms with Crippen LogP contribution in [0, 0.1) is 0 Å². The Morgan fingerprint density at radius 2 is 1.62 bits per heavy atom. The average Bonchev–Trinajstić information content (AvgIpc) is 3.08. The average molecular weight is 466 g/mol. The first kappa shape index (κ1) is 20.6. The van der Waals surface area contributed by atoms with Crippen molar-refractivity contribution in [2.75, 3.05) is 11.5 Å². The van der Waals surface area contributed by atoms with Gasteiger partial charge in [-0.15, -0.1) is 0 Å². The number of hydrogen-bond acceptors (Lipinski definition) is 4. The van der Waals surface area contributed by atoms with Crippen molar-refractivity contribution in [2.24, 2.45) is 0 Å². The van der Waals surface area contributed by atoms with Gasteiger partial charge < -0.3 is 9.15 Å². The van der Waals surface area contributed by atoms with Gasteiger partial charge in [-0.2, -0.15) is 0 Å². The highest BCUT2D eigenvalue weighted by Gasteiger charge is 2.43. The van der Waals surface area contributed by atoms with E-state index in [4.69, 9.17) is 32.4 Å². The highest BCUT2D eigenvalue weighted by Crippen LogP contribution is 2.41. The summed E-state index contributed by atoms with van der Waals surface area (Å²) in [4.78, 5) is 28.6. The lowest BCUT2D eigenvalue weighted by atomic mass is 9.98. The number of ether oxygens (including phenoxy) is 1. The molecule has 7 heteroatoms. The van der Waals surface area contributed by atoms with E-state index < -0.39 is 11.9 Å². The summed E-state index contributed by atoms with van der Waals surface area (Å²) in [6.45, 7) is 2.44. The first-order chi connectivity index (χ1) is 15.5. The molecule has 5 rings (SSSR count). The van der Waals surface area contributed by atoms with Crippen molar-refractivity contribution in [1.82, 2.24) is 0 Å². The van der Waals surface area contributed by atoms with E-state index in [0.29, 0.717) is 39.1 Å². The summed E-state index contributed by atoms with van der Waals surface area (Å²) in [5, 5.41) is 1.31. The van der Waals surface area contributed by atoms with Gasteiger partial charge in [0.05, 0.1) is 23.6 Å². The van der Waals surface area contributed by atoms with E-state index >= 15 is 0 Å². The van der Waals surface area contributed by atoms with Gasteiger partial charge in [-0.25, -0.2) is 0 Å². The Labute approximate surface area is 193 Å². The van der Waals surface area contributed by atoms with Crippen LogP contribution in [-0.2, 0) is 0 Å². The Hall–Kier alpha value is -3.28. The first-order valence-corrected chi connectivity index (χ1v) is 10.8. The summed E-state index contributed by atoms with van der Waals surface area (Å²) in [6, 6.07) is 18.3. The number of anilines is 1. The smallest absolute Gasteiger partial charge is 0.295 e. The van der Waals surface area contributed by atoms with Crippen molar-refractivity contribution in [2.45, 2.75) is 13.0 Å². The fourth-order valence-electron chi connectivity index (χ4n) is 4.04. The van der Waals surface area contributed by atoms with Crippen LogP contribution in [-0.4, -0.2) is 12.5 Å². The molecule has 0 saturated heterocycles. The predicted octanol–water partition coefficient (Wildman–Crippen LogP) is 6.25. The molecule has 0 spiro atoms. The van der Waals surface area contributed by atoms with E-state index in [9.17, 15) is 9.59 Å². The van der Waals surface area contributed by atoms with Gasteiger partial charge in [0.25, 0.3) is 5.91 Å². The van der Waals surface area contributed by atoms with Crippen LogP contribution in [0.4, 0.5) is 5.69 Å². The zero-order valence-electron chi connectivity index (χ0n) is 17.0. The normalized spacial score (nSPS) is 15.3. The van der Waals surface area contributed by atoms with Gasteiger partial charge >= 0.3 is 0 Å². The molecule has 1 amide bonds. The number of carbonyl (C=O) groups is 1. The van der Waals surface area contributed by atoms with Crippen molar-refractivity contribution >= 4 is 45.8 Å². The minimum Gasteiger partial charge on any atom is -0.494 e. The highest BCUT2D eigenvalue weighted by atomic mass is 35.5. The van der Waals surface area contributed by atoms with Crippen LogP contribution in [0.15, 0.2) is 75.9 Å². The number of rotatable bonds is 4. The third kappa shape index (κ3) is 3.34. The van der Waals surface area contributed by atoms with Crippen LogP contribution in [0.2, 0.25) is 10.0 Å². The zero-order chi connectivity index (χ0) is 22.4. The van der Waals surface area contributed by atoms with Crippen molar-refractivity contribution < 1.29 is 13.9 Å². The highest BCUT2D eigenvalue weighted by molar-refractivity contribution is 6.31. The van der Waals surface area contributed by atoms with Crippen LogP contribution in [0.5, 0.6) is 5.75 Å². The monoisotopic (exact) mass is 465 g/mol. The molecule has 4 aromatic rings.